The summed E-state index contributed by atoms with van der Waals surface area (Å²) in [6.45, 7) is 4.14. The summed E-state index contributed by atoms with van der Waals surface area (Å²) in [7, 11) is -3.35. The molecule has 4 nitrogen and oxygen atoms in total. The van der Waals surface area contributed by atoms with Crippen LogP contribution in [0.3, 0.4) is 0 Å². The van der Waals surface area contributed by atoms with Crippen molar-refractivity contribution >= 4 is 10.0 Å². The molecule has 0 rings (SSSR count). The molecule has 0 heterocycles. The average molecular weight is 223 g/mol. The van der Waals surface area contributed by atoms with Gasteiger partial charge in [-0.1, -0.05) is 13.8 Å². The summed E-state index contributed by atoms with van der Waals surface area (Å²) in [6, 6.07) is 0. The van der Waals surface area contributed by atoms with Crippen molar-refractivity contribution in [1.82, 2.24) is 0 Å². The first-order valence-electron chi connectivity index (χ1n) is 5.00. The molecule has 0 bridgehead atoms. The Hall–Kier alpha value is -0.130. The van der Waals surface area contributed by atoms with Gasteiger partial charge in [-0.2, -0.15) is 0 Å². The van der Waals surface area contributed by atoms with Gasteiger partial charge in [-0.3, -0.25) is 0 Å². The summed E-state index contributed by atoms with van der Waals surface area (Å²) in [4.78, 5) is 0. The molecule has 0 atom stereocenters. The second-order valence-corrected chi connectivity index (χ2v) is 5.57. The van der Waals surface area contributed by atoms with Crippen LogP contribution in [0, 0.1) is 5.41 Å². The maximum absolute atomic E-state index is 10.7. The molecule has 0 aliphatic heterocycles. The van der Waals surface area contributed by atoms with E-state index < -0.39 is 10.0 Å². The maximum Gasteiger partial charge on any atom is 0.209 e. The minimum atomic E-state index is -3.35. The number of aliphatic hydroxyl groups is 1. The van der Waals surface area contributed by atoms with Crippen LogP contribution in [0.4, 0.5) is 0 Å². The van der Waals surface area contributed by atoms with Crippen molar-refractivity contribution in [2.24, 2.45) is 10.6 Å². The average Bonchev–Trinajstić information content (AvgIpc) is 2.11. The zero-order chi connectivity index (χ0) is 11.2. The Morgan fingerprint density at radius 1 is 1.29 bits per heavy atom. The van der Waals surface area contributed by atoms with Gasteiger partial charge in [0.2, 0.25) is 10.0 Å². The Kier molecular flexibility index (Phi) is 5.63. The minimum Gasteiger partial charge on any atom is -0.396 e. The number of rotatable bonds is 7. The molecule has 3 N–H and O–H groups in total. The fraction of sp³-hybridized carbons (Fsp3) is 1.00. The van der Waals surface area contributed by atoms with Crippen molar-refractivity contribution in [3.05, 3.63) is 0 Å². The molecule has 86 valence electrons. The zero-order valence-electron chi connectivity index (χ0n) is 8.99. The molecule has 0 aromatic heterocycles. The van der Waals surface area contributed by atoms with E-state index in [1.807, 2.05) is 13.8 Å². The van der Waals surface area contributed by atoms with Crippen LogP contribution in [0.5, 0.6) is 0 Å². The van der Waals surface area contributed by atoms with Gasteiger partial charge >= 0.3 is 0 Å². The fourth-order valence-corrected chi connectivity index (χ4v) is 2.10. The summed E-state index contributed by atoms with van der Waals surface area (Å²) in [5.41, 5.74) is -0.120. The highest BCUT2D eigenvalue weighted by atomic mass is 32.2. The van der Waals surface area contributed by atoms with Crippen molar-refractivity contribution in [2.75, 3.05) is 12.4 Å². The normalized spacial score (nSPS) is 13.1. The summed E-state index contributed by atoms with van der Waals surface area (Å²) in [5, 5.41) is 14.1. The summed E-state index contributed by atoms with van der Waals surface area (Å²) in [6.07, 6.45) is 2.98. The largest absolute Gasteiger partial charge is 0.396 e. The van der Waals surface area contributed by atoms with Crippen molar-refractivity contribution in [1.29, 1.82) is 0 Å². The lowest BCUT2D eigenvalue weighted by molar-refractivity contribution is 0.105. The van der Waals surface area contributed by atoms with E-state index in [0.717, 1.165) is 12.8 Å². The lowest BCUT2D eigenvalue weighted by atomic mass is 9.79. The van der Waals surface area contributed by atoms with Crippen LogP contribution in [-0.2, 0) is 10.0 Å². The molecular formula is C9H21NO3S. The van der Waals surface area contributed by atoms with Gasteiger partial charge < -0.3 is 5.11 Å². The number of sulfonamides is 1. The van der Waals surface area contributed by atoms with E-state index in [2.05, 4.69) is 0 Å². The molecule has 14 heavy (non-hydrogen) atoms. The van der Waals surface area contributed by atoms with E-state index in [1.165, 1.54) is 0 Å². The van der Waals surface area contributed by atoms with Gasteiger partial charge in [0.15, 0.2) is 0 Å². The quantitative estimate of drug-likeness (QED) is 0.671. The van der Waals surface area contributed by atoms with Crippen molar-refractivity contribution in [3.8, 4) is 0 Å². The number of primary sulfonamides is 1. The molecule has 0 fully saturated rings. The monoisotopic (exact) mass is 223 g/mol. The second kappa shape index (κ2) is 5.68. The minimum absolute atomic E-state index is 0.00868. The molecule has 0 saturated carbocycles. The molecule has 0 spiro atoms. The first-order valence-corrected chi connectivity index (χ1v) is 6.72. The lowest BCUT2D eigenvalue weighted by Crippen LogP contribution is -2.25. The molecular weight excluding hydrogens is 202 g/mol. The molecule has 0 aromatic rings. The van der Waals surface area contributed by atoms with Gasteiger partial charge in [0.25, 0.3) is 0 Å². The van der Waals surface area contributed by atoms with E-state index in [1.54, 1.807) is 0 Å². The third-order valence-corrected chi connectivity index (χ3v) is 3.83. The summed E-state index contributed by atoms with van der Waals surface area (Å²) < 4.78 is 21.4. The fourth-order valence-electron chi connectivity index (χ4n) is 1.55. The molecule has 0 saturated heterocycles. The highest BCUT2D eigenvalue weighted by Gasteiger charge is 2.24. The Morgan fingerprint density at radius 3 is 2.07 bits per heavy atom. The van der Waals surface area contributed by atoms with Gasteiger partial charge in [0.1, 0.15) is 0 Å². The Morgan fingerprint density at radius 2 is 1.79 bits per heavy atom. The lowest BCUT2D eigenvalue weighted by Gasteiger charge is -2.29. The third-order valence-electron chi connectivity index (χ3n) is 2.97. The molecule has 0 unspecified atom stereocenters. The van der Waals surface area contributed by atoms with Crippen molar-refractivity contribution in [2.45, 2.75) is 39.5 Å². The summed E-state index contributed by atoms with van der Waals surface area (Å²) >= 11 is 0. The third kappa shape index (κ3) is 4.93. The molecule has 0 aliphatic rings. The Labute approximate surface area is 86.6 Å². The van der Waals surface area contributed by atoms with Crippen LogP contribution in [-0.4, -0.2) is 25.9 Å². The van der Waals surface area contributed by atoms with Gasteiger partial charge in [-0.25, -0.2) is 13.6 Å². The smallest absolute Gasteiger partial charge is 0.209 e. The van der Waals surface area contributed by atoms with Crippen molar-refractivity contribution in [3.63, 3.8) is 0 Å². The van der Waals surface area contributed by atoms with E-state index in [0.29, 0.717) is 12.8 Å². The molecule has 0 aromatic carbocycles. The molecule has 0 aliphatic carbocycles. The SMILES string of the molecule is CCC(CC)(CO)CCCS(N)(=O)=O. The van der Waals surface area contributed by atoms with E-state index in [-0.39, 0.29) is 17.8 Å². The van der Waals surface area contributed by atoms with E-state index >= 15 is 0 Å². The predicted molar refractivity (Wildman–Crippen MR) is 57.3 cm³/mol. The summed E-state index contributed by atoms with van der Waals surface area (Å²) in [5.74, 6) is 0.00868. The first-order chi connectivity index (χ1) is 6.39. The van der Waals surface area contributed by atoms with Gasteiger partial charge in [-0.05, 0) is 31.1 Å². The van der Waals surface area contributed by atoms with Gasteiger partial charge in [0.05, 0.1) is 5.75 Å². The Balaban J connectivity index is 4.08. The van der Waals surface area contributed by atoms with Crippen LogP contribution in [0.15, 0.2) is 0 Å². The number of aliphatic hydroxyl groups excluding tert-OH is 1. The van der Waals surface area contributed by atoms with Gasteiger partial charge in [0, 0.05) is 6.61 Å². The number of hydrogen-bond acceptors (Lipinski definition) is 3. The molecule has 0 radical (unpaired) electrons. The highest BCUT2D eigenvalue weighted by Crippen LogP contribution is 2.31. The first kappa shape index (κ1) is 13.9. The van der Waals surface area contributed by atoms with E-state index in [4.69, 9.17) is 5.14 Å². The second-order valence-electron chi connectivity index (χ2n) is 3.84. The Bertz CT molecular complexity index is 237. The maximum atomic E-state index is 10.7. The standard InChI is InChI=1S/C9H21NO3S/c1-3-9(4-2,8-11)6-5-7-14(10,12)13/h11H,3-8H2,1-2H3,(H2,10,12,13). The van der Waals surface area contributed by atoms with Gasteiger partial charge in [-0.15, -0.1) is 0 Å². The molecule has 5 heteroatoms. The topological polar surface area (TPSA) is 80.4 Å². The predicted octanol–water partition coefficient (Wildman–Crippen LogP) is 0.854. The van der Waals surface area contributed by atoms with Crippen LogP contribution < -0.4 is 5.14 Å². The van der Waals surface area contributed by atoms with Crippen LogP contribution in [0.1, 0.15) is 39.5 Å². The van der Waals surface area contributed by atoms with Crippen molar-refractivity contribution < 1.29 is 13.5 Å². The highest BCUT2D eigenvalue weighted by molar-refractivity contribution is 7.89. The van der Waals surface area contributed by atoms with Crippen LogP contribution >= 0.6 is 0 Å². The zero-order valence-corrected chi connectivity index (χ0v) is 9.81. The number of hydrogen-bond donors (Lipinski definition) is 2. The number of nitrogens with two attached hydrogens (primary N) is 1. The van der Waals surface area contributed by atoms with Crippen LogP contribution in [0.2, 0.25) is 0 Å². The molecule has 0 amide bonds. The van der Waals surface area contributed by atoms with E-state index in [9.17, 15) is 13.5 Å². The van der Waals surface area contributed by atoms with Crippen LogP contribution in [0.25, 0.3) is 0 Å².